The van der Waals surface area contributed by atoms with Crippen LogP contribution in [0, 0.1) is 17.9 Å². The van der Waals surface area contributed by atoms with E-state index in [0.29, 0.717) is 26.0 Å². The van der Waals surface area contributed by atoms with E-state index < -0.39 is 0 Å². The van der Waals surface area contributed by atoms with Crippen molar-refractivity contribution in [1.29, 1.82) is 5.26 Å². The van der Waals surface area contributed by atoms with Gasteiger partial charge >= 0.3 is 0 Å². The molecule has 0 saturated heterocycles. The number of nitriles is 1. The first-order valence-corrected chi connectivity index (χ1v) is 7.71. The van der Waals surface area contributed by atoms with Gasteiger partial charge in [-0.25, -0.2) is 10.1 Å². The number of phenolic OH excluding ortho intramolecular Hbond substituents is 2. The van der Waals surface area contributed by atoms with E-state index in [1.54, 1.807) is 6.07 Å². The molecule has 0 bridgehead atoms. The van der Waals surface area contributed by atoms with E-state index in [0.717, 1.165) is 24.6 Å². The van der Waals surface area contributed by atoms with Crippen LogP contribution in [0.3, 0.4) is 0 Å². The maximum atomic E-state index is 10.3. The molecule has 0 fully saturated rings. The first kappa shape index (κ1) is 14.6. The summed E-state index contributed by atoms with van der Waals surface area (Å²) in [5, 5.41) is 29.2. The highest BCUT2D eigenvalue weighted by molar-refractivity contribution is 8.24. The van der Waals surface area contributed by atoms with Crippen LogP contribution in [0.5, 0.6) is 11.5 Å². The lowest BCUT2D eigenvalue weighted by atomic mass is 10.1. The molecule has 0 amide bonds. The van der Waals surface area contributed by atoms with Gasteiger partial charge in [-0.1, -0.05) is 36.9 Å². The molecule has 4 nitrogen and oxygen atoms in total. The van der Waals surface area contributed by atoms with Crippen LogP contribution in [0.4, 0.5) is 0 Å². The zero-order valence-electron chi connectivity index (χ0n) is 10.8. The zero-order chi connectivity index (χ0) is 14.7. The summed E-state index contributed by atoms with van der Waals surface area (Å²) < 4.78 is 0.510. The number of phenols is 2. The fourth-order valence-electron chi connectivity index (χ4n) is 1.84. The van der Waals surface area contributed by atoms with Crippen LogP contribution in [0.25, 0.3) is 4.85 Å². The van der Waals surface area contributed by atoms with Gasteiger partial charge < -0.3 is 10.2 Å². The van der Waals surface area contributed by atoms with Crippen LogP contribution >= 0.6 is 23.5 Å². The van der Waals surface area contributed by atoms with Crippen LogP contribution in [0.1, 0.15) is 25.3 Å². The highest BCUT2D eigenvalue weighted by Gasteiger charge is 2.28. The van der Waals surface area contributed by atoms with Crippen LogP contribution in [0.15, 0.2) is 25.8 Å². The molecule has 6 heteroatoms. The van der Waals surface area contributed by atoms with E-state index >= 15 is 0 Å². The van der Waals surface area contributed by atoms with E-state index in [9.17, 15) is 10.2 Å². The van der Waals surface area contributed by atoms with E-state index in [2.05, 4.69) is 11.8 Å². The van der Waals surface area contributed by atoms with Crippen molar-refractivity contribution in [3.05, 3.63) is 33.0 Å². The Bertz CT molecular complexity index is 653. The van der Waals surface area contributed by atoms with Crippen molar-refractivity contribution in [2.24, 2.45) is 0 Å². The van der Waals surface area contributed by atoms with Crippen molar-refractivity contribution < 1.29 is 10.2 Å². The predicted molar refractivity (Wildman–Crippen MR) is 79.3 cm³/mol. The predicted octanol–water partition coefficient (Wildman–Crippen LogP) is 4.25. The number of allylic oxidation sites excluding steroid dienone is 1. The molecule has 0 aromatic heterocycles. The number of aryl methyl sites for hydroxylation is 1. The summed E-state index contributed by atoms with van der Waals surface area (Å²) in [5.74, 6) is 0.250. The highest BCUT2D eigenvalue weighted by Crippen LogP contribution is 2.59. The normalized spacial score (nSPS) is 15.3. The maximum Gasteiger partial charge on any atom is 0.282 e. The molecule has 0 radical (unpaired) electrons. The zero-order valence-corrected chi connectivity index (χ0v) is 12.4. The van der Waals surface area contributed by atoms with Crippen molar-refractivity contribution in [1.82, 2.24) is 0 Å². The summed E-state index contributed by atoms with van der Waals surface area (Å²) >= 11 is 2.34. The van der Waals surface area contributed by atoms with Crippen molar-refractivity contribution in [2.45, 2.75) is 36.0 Å². The molecule has 0 saturated carbocycles. The lowest BCUT2D eigenvalue weighted by Gasteiger charge is -2.09. The molecular formula is C14H12N2O2S2. The average Bonchev–Trinajstić information content (AvgIpc) is 2.88. The standard InChI is InChI=1S/C14H12N2O2S2/c1-3-4-5-8-6-10(17)12-13(11(8)18)20-14(19-12)9(7-15)16-2/h6,17-18H,3-5H2,1H3/b14-9+. The Hall–Kier alpha value is -1.76. The molecule has 1 aliphatic rings. The van der Waals surface area contributed by atoms with Gasteiger partial charge in [-0.3, -0.25) is 0 Å². The lowest BCUT2D eigenvalue weighted by Crippen LogP contribution is -1.88. The Morgan fingerprint density at radius 3 is 2.70 bits per heavy atom. The Morgan fingerprint density at radius 1 is 1.40 bits per heavy atom. The molecule has 1 aromatic carbocycles. The van der Waals surface area contributed by atoms with Gasteiger partial charge in [0.25, 0.3) is 5.70 Å². The Morgan fingerprint density at radius 2 is 2.10 bits per heavy atom. The molecule has 2 N–H and O–H groups in total. The topological polar surface area (TPSA) is 68.6 Å². The van der Waals surface area contributed by atoms with Gasteiger partial charge in [-0.05, 0) is 24.5 Å². The third-order valence-corrected chi connectivity index (χ3v) is 5.47. The van der Waals surface area contributed by atoms with Gasteiger partial charge in [0.1, 0.15) is 11.5 Å². The molecule has 1 aromatic rings. The summed E-state index contributed by atoms with van der Waals surface area (Å²) in [4.78, 5) is 4.24. The fourth-order valence-corrected chi connectivity index (χ4v) is 4.28. The van der Waals surface area contributed by atoms with Crippen molar-refractivity contribution >= 4 is 23.5 Å². The van der Waals surface area contributed by atoms with E-state index in [-0.39, 0.29) is 17.2 Å². The van der Waals surface area contributed by atoms with Gasteiger partial charge in [-0.15, -0.1) is 0 Å². The second kappa shape index (κ2) is 6.13. The first-order valence-electron chi connectivity index (χ1n) is 6.07. The summed E-state index contributed by atoms with van der Waals surface area (Å²) in [6.45, 7) is 9.03. The van der Waals surface area contributed by atoms with E-state index in [1.165, 1.54) is 11.8 Å². The van der Waals surface area contributed by atoms with Crippen LogP contribution in [-0.2, 0) is 6.42 Å². The monoisotopic (exact) mass is 304 g/mol. The fraction of sp³-hybridized carbons (Fsp3) is 0.286. The smallest absolute Gasteiger partial charge is 0.282 e. The molecule has 20 heavy (non-hydrogen) atoms. The van der Waals surface area contributed by atoms with Crippen molar-refractivity contribution in [2.75, 3.05) is 0 Å². The third-order valence-electron chi connectivity index (χ3n) is 2.87. The van der Waals surface area contributed by atoms with Crippen molar-refractivity contribution in [3.63, 3.8) is 0 Å². The molecular weight excluding hydrogens is 292 g/mol. The Balaban J connectivity index is 2.46. The highest BCUT2D eigenvalue weighted by atomic mass is 32.2. The maximum absolute atomic E-state index is 10.3. The first-order chi connectivity index (χ1) is 9.62. The summed E-state index contributed by atoms with van der Waals surface area (Å²) in [5.41, 5.74) is 0.698. The summed E-state index contributed by atoms with van der Waals surface area (Å²) in [7, 11) is 0. The Kier molecular flexibility index (Phi) is 4.49. The number of rotatable bonds is 3. The Labute approximate surface area is 125 Å². The second-order valence-electron chi connectivity index (χ2n) is 4.23. The SMILES string of the molecule is [C-]#[N+]/C(C#N)=C1\Sc2c(O)cc(CCCC)c(O)c2S1. The minimum Gasteiger partial charge on any atom is -0.507 e. The molecule has 0 atom stereocenters. The minimum atomic E-state index is -0.00916. The van der Waals surface area contributed by atoms with E-state index in [1.807, 2.05) is 6.07 Å². The molecule has 102 valence electrons. The van der Waals surface area contributed by atoms with Gasteiger partial charge in [-0.2, -0.15) is 0 Å². The minimum absolute atomic E-state index is 0.00916. The number of hydrogen-bond donors (Lipinski definition) is 2. The van der Waals surface area contributed by atoms with Gasteiger partial charge in [0.2, 0.25) is 0 Å². The van der Waals surface area contributed by atoms with Crippen molar-refractivity contribution in [3.8, 4) is 17.6 Å². The number of fused-ring (bicyclic) bond motifs is 1. The van der Waals surface area contributed by atoms with Gasteiger partial charge in [0.05, 0.1) is 26.7 Å². The molecule has 2 rings (SSSR count). The number of benzene rings is 1. The third kappa shape index (κ3) is 2.58. The average molecular weight is 304 g/mol. The van der Waals surface area contributed by atoms with E-state index in [4.69, 9.17) is 11.8 Å². The van der Waals surface area contributed by atoms with Crippen LogP contribution in [-0.4, -0.2) is 10.2 Å². The van der Waals surface area contributed by atoms with Crippen LogP contribution in [0.2, 0.25) is 0 Å². The number of thioether (sulfide) groups is 2. The molecule has 0 spiro atoms. The molecule has 1 aliphatic heterocycles. The number of aromatic hydroxyl groups is 2. The number of unbranched alkanes of at least 4 members (excludes halogenated alkanes) is 1. The van der Waals surface area contributed by atoms with Crippen LogP contribution < -0.4 is 0 Å². The quantitative estimate of drug-likeness (QED) is 0.496. The number of hydrogen-bond acceptors (Lipinski definition) is 5. The molecule has 1 heterocycles. The molecule has 0 aliphatic carbocycles. The largest absolute Gasteiger partial charge is 0.507 e. The van der Waals surface area contributed by atoms with Gasteiger partial charge in [0.15, 0.2) is 0 Å². The summed E-state index contributed by atoms with van der Waals surface area (Å²) in [6.07, 6.45) is 2.62. The number of nitrogens with zero attached hydrogens (tertiary/aromatic N) is 2. The van der Waals surface area contributed by atoms with Gasteiger partial charge in [0, 0.05) is 0 Å². The molecule has 0 unspecified atom stereocenters. The summed E-state index contributed by atoms with van der Waals surface area (Å²) in [6, 6.07) is 3.41. The second-order valence-corrected chi connectivity index (χ2v) is 6.53. The lowest BCUT2D eigenvalue weighted by molar-refractivity contribution is 0.429.